The first-order valence-corrected chi connectivity index (χ1v) is 11.3. The van der Waals surface area contributed by atoms with Gasteiger partial charge in [-0.25, -0.2) is 13.8 Å². The number of pyridine rings is 1. The summed E-state index contributed by atoms with van der Waals surface area (Å²) in [6.07, 6.45) is 2.11. The van der Waals surface area contributed by atoms with E-state index in [9.17, 15) is 18.7 Å². The fraction of sp³-hybridized carbons (Fsp3) is 0.333. The van der Waals surface area contributed by atoms with Crippen LogP contribution in [-0.2, 0) is 0 Å². The van der Waals surface area contributed by atoms with Crippen LogP contribution in [0.25, 0.3) is 11.3 Å². The third kappa shape index (κ3) is 4.34. The van der Waals surface area contributed by atoms with Gasteiger partial charge >= 0.3 is 0 Å². The third-order valence-electron chi connectivity index (χ3n) is 6.23. The van der Waals surface area contributed by atoms with Gasteiger partial charge in [-0.05, 0) is 44.0 Å². The number of aliphatic hydroxyl groups excluding tert-OH is 1. The minimum Gasteiger partial charge on any atom is -0.485 e. The van der Waals surface area contributed by atoms with Gasteiger partial charge in [-0.1, -0.05) is 12.1 Å². The Bertz CT molecular complexity index is 1330. The molecule has 1 aliphatic heterocycles. The number of halogens is 2. The number of amides is 1. The summed E-state index contributed by atoms with van der Waals surface area (Å²) in [7, 11) is 0. The van der Waals surface area contributed by atoms with E-state index in [1.165, 1.54) is 15.4 Å². The van der Waals surface area contributed by atoms with E-state index in [-0.39, 0.29) is 23.7 Å². The monoisotopic (exact) mass is 482 g/mol. The predicted molar refractivity (Wildman–Crippen MR) is 122 cm³/mol. The van der Waals surface area contributed by atoms with Crippen molar-refractivity contribution in [1.29, 1.82) is 0 Å². The number of benzene rings is 1. The van der Waals surface area contributed by atoms with E-state index in [2.05, 4.69) is 15.2 Å². The number of hydrogen-bond acceptors (Lipinski definition) is 6. The summed E-state index contributed by atoms with van der Waals surface area (Å²) in [4.78, 5) is 20.9. The van der Waals surface area contributed by atoms with E-state index in [1.807, 2.05) is 13.0 Å². The summed E-state index contributed by atoms with van der Waals surface area (Å²) in [6, 6.07) is 10.5. The molecule has 4 aromatic rings. The molecule has 0 bridgehead atoms. The molecule has 3 atom stereocenters. The number of piperidine rings is 1. The topological polar surface area (TPSA) is 97.8 Å². The van der Waals surface area contributed by atoms with Crippen molar-refractivity contribution in [3.05, 3.63) is 72.4 Å². The molecule has 1 fully saturated rings. The largest absolute Gasteiger partial charge is 0.485 e. The van der Waals surface area contributed by atoms with Gasteiger partial charge in [-0.2, -0.15) is 15.0 Å². The zero-order valence-electron chi connectivity index (χ0n) is 18.9. The zero-order chi connectivity index (χ0) is 24.5. The van der Waals surface area contributed by atoms with Crippen molar-refractivity contribution in [2.75, 3.05) is 6.54 Å². The number of likely N-dealkylation sites (tertiary alicyclic amines) is 1. The highest BCUT2D eigenvalue weighted by Gasteiger charge is 2.32. The van der Waals surface area contributed by atoms with Gasteiger partial charge < -0.3 is 14.7 Å². The maximum atomic E-state index is 13.6. The van der Waals surface area contributed by atoms with Gasteiger partial charge in [0.05, 0.1) is 42.1 Å². The Morgan fingerprint density at radius 2 is 1.91 bits per heavy atom. The number of aromatic nitrogens is 5. The molecule has 0 radical (unpaired) electrons. The molecule has 1 aliphatic rings. The normalized spacial score (nSPS) is 19.3. The summed E-state index contributed by atoms with van der Waals surface area (Å²) < 4.78 is 33.7. The van der Waals surface area contributed by atoms with Crippen LogP contribution in [-0.4, -0.2) is 65.4 Å². The quantitative estimate of drug-likeness (QED) is 0.453. The Kier molecular flexibility index (Phi) is 6.16. The van der Waals surface area contributed by atoms with Gasteiger partial charge in [-0.3, -0.25) is 9.20 Å². The molecule has 9 nitrogen and oxygen atoms in total. The van der Waals surface area contributed by atoms with Crippen LogP contribution in [0.15, 0.2) is 61.2 Å². The minimum atomic E-state index is -2.93. The van der Waals surface area contributed by atoms with Gasteiger partial charge in [-0.15, -0.1) is 0 Å². The number of nitrogens with zero attached hydrogens (tertiary/aromatic N) is 6. The smallest absolute Gasteiger partial charge is 0.269 e. The third-order valence-corrected chi connectivity index (χ3v) is 6.23. The minimum absolute atomic E-state index is 0.00371. The highest BCUT2D eigenvalue weighted by atomic mass is 19.3. The molecule has 4 heterocycles. The summed E-state index contributed by atoms with van der Waals surface area (Å²) in [5.74, 6) is 0.244. The van der Waals surface area contributed by atoms with Crippen LogP contribution in [0.1, 0.15) is 41.9 Å². The van der Waals surface area contributed by atoms with Crippen molar-refractivity contribution in [2.45, 2.75) is 44.4 Å². The number of hydrogen-bond donors (Lipinski definition) is 1. The Labute approximate surface area is 199 Å². The van der Waals surface area contributed by atoms with Crippen molar-refractivity contribution in [1.82, 2.24) is 29.3 Å². The van der Waals surface area contributed by atoms with Gasteiger partial charge in [0.2, 0.25) is 0 Å². The van der Waals surface area contributed by atoms with Crippen molar-refractivity contribution < 1.29 is 23.4 Å². The summed E-state index contributed by atoms with van der Waals surface area (Å²) in [6.45, 7) is 2.34. The number of rotatable bonds is 6. The van der Waals surface area contributed by atoms with Crippen molar-refractivity contribution in [3.8, 4) is 11.4 Å². The van der Waals surface area contributed by atoms with Crippen LogP contribution < -0.4 is 4.74 Å². The van der Waals surface area contributed by atoms with E-state index in [4.69, 9.17) is 4.74 Å². The van der Waals surface area contributed by atoms with Crippen LogP contribution >= 0.6 is 0 Å². The summed E-state index contributed by atoms with van der Waals surface area (Å²) >= 11 is 0. The lowest BCUT2D eigenvalue weighted by Crippen LogP contribution is -2.49. The molecule has 5 rings (SSSR count). The van der Waals surface area contributed by atoms with Gasteiger partial charge in [0.1, 0.15) is 6.10 Å². The van der Waals surface area contributed by atoms with Crippen molar-refractivity contribution in [2.24, 2.45) is 0 Å². The second kappa shape index (κ2) is 9.41. The van der Waals surface area contributed by atoms with Crippen molar-refractivity contribution >= 4 is 11.6 Å². The van der Waals surface area contributed by atoms with Gasteiger partial charge in [0, 0.05) is 12.2 Å². The molecular formula is C24H24F2N6O3. The molecule has 1 aromatic carbocycles. The molecule has 1 saturated heterocycles. The number of imidazole rings is 1. The molecular weight excluding hydrogens is 458 g/mol. The van der Waals surface area contributed by atoms with E-state index in [0.717, 1.165) is 6.42 Å². The maximum Gasteiger partial charge on any atom is 0.269 e. The van der Waals surface area contributed by atoms with Crippen LogP contribution in [0.2, 0.25) is 0 Å². The summed E-state index contributed by atoms with van der Waals surface area (Å²) in [5, 5.41) is 18.1. The number of carbonyl (C=O) groups is 1. The maximum absolute atomic E-state index is 13.6. The first-order chi connectivity index (χ1) is 16.9. The molecule has 1 N–H and O–H groups in total. The number of aliphatic hydroxyl groups is 1. The lowest BCUT2D eigenvalue weighted by molar-refractivity contribution is -0.00868. The molecule has 35 heavy (non-hydrogen) atoms. The molecule has 11 heteroatoms. The number of carbonyl (C=O) groups excluding carboxylic acids is 1. The molecule has 3 aromatic heterocycles. The molecule has 182 valence electrons. The van der Waals surface area contributed by atoms with E-state index < -0.39 is 12.5 Å². The second-order valence-corrected chi connectivity index (χ2v) is 8.49. The number of alkyl halides is 2. The Balaban J connectivity index is 1.38. The Morgan fingerprint density at radius 1 is 1.14 bits per heavy atom. The van der Waals surface area contributed by atoms with Crippen molar-refractivity contribution in [3.63, 3.8) is 0 Å². The second-order valence-electron chi connectivity index (χ2n) is 8.49. The molecule has 1 unspecified atom stereocenters. The highest BCUT2D eigenvalue weighted by molar-refractivity contribution is 5.98. The molecule has 0 spiro atoms. The fourth-order valence-corrected chi connectivity index (χ4v) is 4.40. The lowest BCUT2D eigenvalue weighted by atomic mass is 9.99. The van der Waals surface area contributed by atoms with Gasteiger partial charge in [0.25, 0.3) is 12.3 Å². The van der Waals surface area contributed by atoms with Gasteiger partial charge in [0.15, 0.2) is 17.5 Å². The van der Waals surface area contributed by atoms with Crippen LogP contribution in [0.5, 0.6) is 5.75 Å². The molecule has 0 aliphatic carbocycles. The van der Waals surface area contributed by atoms with E-state index >= 15 is 0 Å². The number of para-hydroxylation sites is 1. The fourth-order valence-electron chi connectivity index (χ4n) is 4.40. The Morgan fingerprint density at radius 3 is 2.69 bits per heavy atom. The average molecular weight is 482 g/mol. The highest BCUT2D eigenvalue weighted by Crippen LogP contribution is 2.29. The standard InChI is InChI=1S/C24H24F2N6O3/c1-15-8-9-16(35-20-7-4-12-30-19(13-27-23(20)30)21(33)22(25)26)14-31(15)24(34)17-5-2-3-6-18(17)32-28-10-11-29-32/h2-7,10-13,15-16,21-22,33H,8-9,14H2,1H3/t15-,16-,21?/m1/s1. The predicted octanol–water partition coefficient (Wildman–Crippen LogP) is 3.29. The summed E-state index contributed by atoms with van der Waals surface area (Å²) in [5.41, 5.74) is 1.38. The zero-order valence-corrected chi connectivity index (χ0v) is 18.9. The lowest BCUT2D eigenvalue weighted by Gasteiger charge is -2.38. The molecule has 0 saturated carbocycles. The van der Waals surface area contributed by atoms with E-state index in [0.29, 0.717) is 35.6 Å². The average Bonchev–Trinajstić information content (AvgIpc) is 3.55. The number of fused-ring (bicyclic) bond motifs is 1. The first-order valence-electron chi connectivity index (χ1n) is 11.3. The SMILES string of the molecule is C[C@@H]1CC[C@@H](Oc2cccn3c(C(O)C(F)F)cnc23)CN1C(=O)c1ccccc1-n1nccn1. The van der Waals surface area contributed by atoms with Crippen LogP contribution in [0.3, 0.4) is 0 Å². The Hall–Kier alpha value is -3.86. The van der Waals surface area contributed by atoms with Crippen LogP contribution in [0, 0.1) is 0 Å². The molecule has 1 amide bonds. The first kappa shape index (κ1) is 22.9. The van der Waals surface area contributed by atoms with Crippen LogP contribution in [0.4, 0.5) is 8.78 Å². The van der Waals surface area contributed by atoms with E-state index in [1.54, 1.807) is 53.8 Å². The number of ether oxygens (including phenoxy) is 1.